The van der Waals surface area contributed by atoms with Gasteiger partial charge in [0.1, 0.15) is 0 Å². The van der Waals surface area contributed by atoms with E-state index in [2.05, 4.69) is 10.2 Å². The number of halogens is 2. The van der Waals surface area contributed by atoms with Gasteiger partial charge in [-0.25, -0.2) is 4.79 Å². The van der Waals surface area contributed by atoms with E-state index in [1.54, 1.807) is 30.3 Å². The lowest BCUT2D eigenvalue weighted by molar-refractivity contribution is 0.0696. The molecule has 1 aliphatic carbocycles. The van der Waals surface area contributed by atoms with Gasteiger partial charge in [0.05, 0.1) is 11.1 Å². The van der Waals surface area contributed by atoms with Gasteiger partial charge in [-0.2, -0.15) is 0 Å². The number of anilines is 1. The standard InChI is InChI=1S/C25H29ClN2O3.ClH/c26-21-9-10-23(28-14-12-18-3-1-2-4-20(18)16-28)22(15-21)24(29)27-13-11-17-5-7-19(8-6-17)25(30)31;/h5-10,15,18,20H,1-4,11-14,16H2,(H,27,29)(H,30,31);1H. The van der Waals surface area contributed by atoms with Gasteiger partial charge in [0.2, 0.25) is 0 Å². The van der Waals surface area contributed by atoms with Crippen LogP contribution in [0.1, 0.15) is 58.4 Å². The van der Waals surface area contributed by atoms with Crippen LogP contribution in [-0.4, -0.2) is 36.6 Å². The Bertz CT molecular complexity index is 949. The van der Waals surface area contributed by atoms with Gasteiger partial charge in [0, 0.05) is 30.3 Å². The van der Waals surface area contributed by atoms with E-state index >= 15 is 0 Å². The second-order valence-electron chi connectivity index (χ2n) is 8.71. The molecule has 1 amide bonds. The molecule has 0 radical (unpaired) electrons. The molecule has 2 N–H and O–H groups in total. The number of carboxylic acids is 1. The second kappa shape index (κ2) is 11.1. The minimum Gasteiger partial charge on any atom is -0.478 e. The zero-order valence-corrected chi connectivity index (χ0v) is 19.6. The van der Waals surface area contributed by atoms with Gasteiger partial charge < -0.3 is 15.3 Å². The van der Waals surface area contributed by atoms with E-state index in [-0.39, 0.29) is 23.9 Å². The predicted molar refractivity (Wildman–Crippen MR) is 130 cm³/mol. The van der Waals surface area contributed by atoms with Gasteiger partial charge in [-0.1, -0.05) is 43.0 Å². The predicted octanol–water partition coefficient (Wildman–Crippen LogP) is 5.45. The molecule has 2 aliphatic rings. The summed E-state index contributed by atoms with van der Waals surface area (Å²) in [7, 11) is 0. The number of benzene rings is 2. The SMILES string of the molecule is Cl.O=C(O)c1ccc(CCNC(=O)c2cc(Cl)ccc2N2CCC3CCCCC3C2)cc1. The number of carbonyl (C=O) groups excluding carboxylic acids is 1. The molecule has 7 heteroatoms. The maximum absolute atomic E-state index is 13.0. The number of nitrogens with zero attached hydrogens (tertiary/aromatic N) is 1. The first-order chi connectivity index (χ1) is 15.0. The zero-order valence-electron chi connectivity index (χ0n) is 18.1. The topological polar surface area (TPSA) is 69.6 Å². The van der Waals surface area contributed by atoms with Crippen molar-refractivity contribution in [3.8, 4) is 0 Å². The summed E-state index contributed by atoms with van der Waals surface area (Å²) in [6, 6.07) is 12.4. The van der Waals surface area contributed by atoms with Crippen LogP contribution >= 0.6 is 24.0 Å². The number of carboxylic acid groups (broad SMARTS) is 1. The number of fused-ring (bicyclic) bond motifs is 1. The Kier molecular flexibility index (Phi) is 8.44. The third kappa shape index (κ3) is 5.76. The Morgan fingerprint density at radius 1 is 1.03 bits per heavy atom. The zero-order chi connectivity index (χ0) is 21.8. The van der Waals surface area contributed by atoms with Crippen molar-refractivity contribution in [2.24, 2.45) is 11.8 Å². The van der Waals surface area contributed by atoms with Gasteiger partial charge in [-0.15, -0.1) is 12.4 Å². The lowest BCUT2D eigenvalue weighted by Gasteiger charge is -2.42. The van der Waals surface area contributed by atoms with Crippen molar-refractivity contribution in [1.29, 1.82) is 0 Å². The highest BCUT2D eigenvalue weighted by Gasteiger charge is 2.32. The molecule has 0 aromatic heterocycles. The molecule has 172 valence electrons. The van der Waals surface area contributed by atoms with Crippen molar-refractivity contribution in [2.75, 3.05) is 24.5 Å². The third-order valence-corrected chi connectivity index (χ3v) is 6.97. The Morgan fingerprint density at radius 2 is 1.75 bits per heavy atom. The van der Waals surface area contributed by atoms with Crippen LogP contribution < -0.4 is 10.2 Å². The van der Waals surface area contributed by atoms with E-state index in [0.717, 1.165) is 36.2 Å². The quantitative estimate of drug-likeness (QED) is 0.581. The van der Waals surface area contributed by atoms with Crippen molar-refractivity contribution in [3.05, 3.63) is 64.2 Å². The molecule has 1 saturated carbocycles. The fourth-order valence-electron chi connectivity index (χ4n) is 5.02. The lowest BCUT2D eigenvalue weighted by atomic mass is 9.75. The number of nitrogens with one attached hydrogen (secondary N) is 1. The summed E-state index contributed by atoms with van der Waals surface area (Å²) in [4.78, 5) is 26.3. The first-order valence-corrected chi connectivity index (χ1v) is 11.5. The van der Waals surface area contributed by atoms with E-state index in [1.165, 1.54) is 32.1 Å². The summed E-state index contributed by atoms with van der Waals surface area (Å²) < 4.78 is 0. The average molecular weight is 477 g/mol. The van der Waals surface area contributed by atoms with Crippen LogP contribution in [0.4, 0.5) is 5.69 Å². The third-order valence-electron chi connectivity index (χ3n) is 6.74. The summed E-state index contributed by atoms with van der Waals surface area (Å²) in [6.45, 7) is 2.48. The van der Waals surface area contributed by atoms with Gasteiger partial charge >= 0.3 is 5.97 Å². The molecule has 0 spiro atoms. The summed E-state index contributed by atoms with van der Waals surface area (Å²) in [5, 5.41) is 12.6. The number of aromatic carboxylic acids is 1. The molecule has 5 nitrogen and oxygen atoms in total. The summed E-state index contributed by atoms with van der Waals surface area (Å²) in [5.74, 6) is 0.501. The number of hydrogen-bond acceptors (Lipinski definition) is 3. The fourth-order valence-corrected chi connectivity index (χ4v) is 5.19. The van der Waals surface area contributed by atoms with Crippen LogP contribution in [0.2, 0.25) is 5.02 Å². The number of amides is 1. The van der Waals surface area contributed by atoms with Gasteiger partial charge in [0.25, 0.3) is 5.91 Å². The number of rotatable bonds is 6. The summed E-state index contributed by atoms with van der Waals surface area (Å²) in [5.41, 5.74) is 2.84. The smallest absolute Gasteiger partial charge is 0.335 e. The molecule has 0 bridgehead atoms. The molecule has 2 unspecified atom stereocenters. The number of piperidine rings is 1. The normalized spacial score (nSPS) is 20.1. The van der Waals surface area contributed by atoms with Crippen LogP contribution in [0.15, 0.2) is 42.5 Å². The molecule has 1 heterocycles. The van der Waals surface area contributed by atoms with Gasteiger partial charge in [-0.3, -0.25) is 4.79 Å². The summed E-state index contributed by atoms with van der Waals surface area (Å²) >= 11 is 6.23. The molecule has 4 rings (SSSR count). The van der Waals surface area contributed by atoms with Crippen LogP contribution in [0.5, 0.6) is 0 Å². The first-order valence-electron chi connectivity index (χ1n) is 11.2. The Hall–Kier alpha value is -2.24. The fraction of sp³-hybridized carbons (Fsp3) is 0.440. The largest absolute Gasteiger partial charge is 0.478 e. The first kappa shape index (κ1) is 24.4. The van der Waals surface area contributed by atoms with E-state index in [0.29, 0.717) is 23.6 Å². The van der Waals surface area contributed by atoms with Crippen LogP contribution in [0.3, 0.4) is 0 Å². The highest BCUT2D eigenvalue weighted by molar-refractivity contribution is 6.31. The monoisotopic (exact) mass is 476 g/mol. The van der Waals surface area contributed by atoms with Gasteiger partial charge in [0.15, 0.2) is 0 Å². The molecule has 2 aromatic rings. The van der Waals surface area contributed by atoms with Crippen molar-refractivity contribution in [3.63, 3.8) is 0 Å². The molecule has 2 atom stereocenters. The molecule has 2 aromatic carbocycles. The number of carbonyl (C=O) groups is 2. The molecule has 2 fully saturated rings. The maximum atomic E-state index is 13.0. The molecular formula is C25H30Cl2N2O3. The van der Waals surface area contributed by atoms with Gasteiger partial charge in [-0.05, 0) is 67.0 Å². The van der Waals surface area contributed by atoms with Crippen molar-refractivity contribution in [2.45, 2.75) is 38.5 Å². The highest BCUT2D eigenvalue weighted by atomic mass is 35.5. The Balaban J connectivity index is 0.00000289. The molecule has 32 heavy (non-hydrogen) atoms. The van der Waals surface area contributed by atoms with E-state index in [4.69, 9.17) is 16.7 Å². The molecule has 1 saturated heterocycles. The van der Waals surface area contributed by atoms with E-state index in [9.17, 15) is 9.59 Å². The Labute approximate surface area is 200 Å². The second-order valence-corrected chi connectivity index (χ2v) is 9.15. The number of hydrogen-bond donors (Lipinski definition) is 2. The highest BCUT2D eigenvalue weighted by Crippen LogP contribution is 2.38. The molecular weight excluding hydrogens is 447 g/mol. The van der Waals surface area contributed by atoms with Crippen LogP contribution in [-0.2, 0) is 6.42 Å². The minimum atomic E-state index is -0.939. The summed E-state index contributed by atoms with van der Waals surface area (Å²) in [6.07, 6.45) is 7.14. The van der Waals surface area contributed by atoms with Crippen LogP contribution in [0, 0.1) is 11.8 Å². The van der Waals surface area contributed by atoms with Crippen molar-refractivity contribution < 1.29 is 14.7 Å². The van der Waals surface area contributed by atoms with Crippen molar-refractivity contribution >= 4 is 41.6 Å². The Morgan fingerprint density at radius 3 is 2.47 bits per heavy atom. The van der Waals surface area contributed by atoms with Crippen LogP contribution in [0.25, 0.3) is 0 Å². The van der Waals surface area contributed by atoms with Crippen molar-refractivity contribution in [1.82, 2.24) is 5.32 Å². The van der Waals surface area contributed by atoms with E-state index in [1.807, 2.05) is 12.1 Å². The average Bonchev–Trinajstić information content (AvgIpc) is 2.79. The lowest BCUT2D eigenvalue weighted by Crippen LogP contribution is -2.42. The minimum absolute atomic E-state index is 0. The molecule has 1 aliphatic heterocycles. The van der Waals surface area contributed by atoms with E-state index < -0.39 is 5.97 Å². The maximum Gasteiger partial charge on any atom is 0.335 e.